The van der Waals surface area contributed by atoms with Gasteiger partial charge >= 0.3 is 5.97 Å². The molecule has 0 saturated heterocycles. The fraction of sp³-hybridized carbons (Fsp3) is 0.250. The minimum Gasteiger partial charge on any atom is -0.461 e. The zero-order chi connectivity index (χ0) is 14.0. The summed E-state index contributed by atoms with van der Waals surface area (Å²) in [6, 6.07) is 5.05. The van der Waals surface area contributed by atoms with Gasteiger partial charge in [0.15, 0.2) is 5.69 Å². The van der Waals surface area contributed by atoms with Crippen molar-refractivity contribution in [1.82, 2.24) is 9.78 Å². The van der Waals surface area contributed by atoms with E-state index < -0.39 is 5.97 Å². The maximum absolute atomic E-state index is 11.8. The molecule has 0 aromatic carbocycles. The number of nitrogens with zero attached hydrogens (tertiary/aromatic N) is 2. The molecule has 0 aliphatic rings. The maximum atomic E-state index is 11.8. The molecule has 2 heterocycles. The summed E-state index contributed by atoms with van der Waals surface area (Å²) in [4.78, 5) is 24.0. The van der Waals surface area contributed by atoms with E-state index in [-0.39, 0.29) is 18.2 Å². The molecule has 0 N–H and O–H groups in total. The second kappa shape index (κ2) is 5.54. The van der Waals surface area contributed by atoms with Crippen molar-refractivity contribution in [3.05, 3.63) is 28.2 Å². The van der Waals surface area contributed by atoms with E-state index in [1.54, 1.807) is 19.1 Å². The van der Waals surface area contributed by atoms with Crippen LogP contribution in [0.25, 0.3) is 10.6 Å². The summed E-state index contributed by atoms with van der Waals surface area (Å²) in [5.41, 5.74) is 0.643. The summed E-state index contributed by atoms with van der Waals surface area (Å²) in [5, 5.41) is 4.11. The Morgan fingerprint density at radius 2 is 2.21 bits per heavy atom. The van der Waals surface area contributed by atoms with Crippen molar-refractivity contribution in [3.8, 4) is 10.6 Å². The fourth-order valence-corrected chi connectivity index (χ4v) is 2.54. The molecule has 0 aliphatic heterocycles. The SMILES string of the molecule is CCOC(=O)c1cc(-c2ccc(Cl)s2)nn1C(C)=O. The highest BCUT2D eigenvalue weighted by Gasteiger charge is 2.20. The van der Waals surface area contributed by atoms with Gasteiger partial charge in [-0.05, 0) is 19.1 Å². The summed E-state index contributed by atoms with van der Waals surface area (Å²) in [6.07, 6.45) is 0. The molecule has 0 fully saturated rings. The molecule has 100 valence electrons. The van der Waals surface area contributed by atoms with E-state index in [9.17, 15) is 9.59 Å². The van der Waals surface area contributed by atoms with Crippen molar-refractivity contribution in [3.63, 3.8) is 0 Å². The number of halogens is 1. The zero-order valence-electron chi connectivity index (χ0n) is 10.3. The molecule has 2 aromatic heterocycles. The molecule has 0 atom stereocenters. The zero-order valence-corrected chi connectivity index (χ0v) is 11.9. The van der Waals surface area contributed by atoms with Crippen LogP contribution in [0.5, 0.6) is 0 Å². The van der Waals surface area contributed by atoms with E-state index >= 15 is 0 Å². The Balaban J connectivity index is 2.46. The monoisotopic (exact) mass is 298 g/mol. The predicted molar refractivity (Wildman–Crippen MR) is 72.8 cm³/mol. The van der Waals surface area contributed by atoms with Crippen molar-refractivity contribution >= 4 is 34.8 Å². The first-order valence-electron chi connectivity index (χ1n) is 5.56. The van der Waals surface area contributed by atoms with Crippen LogP contribution in [0.4, 0.5) is 0 Å². The standard InChI is InChI=1S/C12H11ClN2O3S/c1-3-18-12(17)9-6-8(14-15(9)7(2)16)10-4-5-11(13)19-10/h4-6H,3H2,1-2H3. The first-order chi connectivity index (χ1) is 9.02. The van der Waals surface area contributed by atoms with Crippen LogP contribution in [0, 0.1) is 0 Å². The lowest BCUT2D eigenvalue weighted by molar-refractivity contribution is 0.0506. The van der Waals surface area contributed by atoms with E-state index in [1.165, 1.54) is 24.3 Å². The van der Waals surface area contributed by atoms with Crippen molar-refractivity contribution in [1.29, 1.82) is 0 Å². The topological polar surface area (TPSA) is 61.2 Å². The number of carbonyl (C=O) groups is 2. The van der Waals surface area contributed by atoms with Crippen LogP contribution in [0.3, 0.4) is 0 Å². The Bertz CT molecular complexity index is 633. The molecule has 2 rings (SSSR count). The molecular weight excluding hydrogens is 288 g/mol. The van der Waals surface area contributed by atoms with E-state index in [4.69, 9.17) is 16.3 Å². The Morgan fingerprint density at radius 1 is 1.47 bits per heavy atom. The minimum atomic E-state index is -0.570. The Morgan fingerprint density at radius 3 is 2.74 bits per heavy atom. The van der Waals surface area contributed by atoms with E-state index in [0.717, 1.165) is 9.56 Å². The first kappa shape index (κ1) is 13.8. The number of thiophene rings is 1. The number of hydrogen-bond donors (Lipinski definition) is 0. The quantitative estimate of drug-likeness (QED) is 0.817. The van der Waals surface area contributed by atoms with Gasteiger partial charge in [0.25, 0.3) is 0 Å². The maximum Gasteiger partial charge on any atom is 0.357 e. The van der Waals surface area contributed by atoms with Gasteiger partial charge < -0.3 is 4.74 Å². The van der Waals surface area contributed by atoms with Gasteiger partial charge in [0.2, 0.25) is 5.91 Å². The summed E-state index contributed by atoms with van der Waals surface area (Å²) in [5.74, 6) is -0.920. The van der Waals surface area contributed by atoms with Crippen molar-refractivity contribution in [2.75, 3.05) is 6.61 Å². The summed E-state index contributed by atoms with van der Waals surface area (Å²) in [6.45, 7) is 3.27. The average Bonchev–Trinajstić information content (AvgIpc) is 2.94. The molecular formula is C12H11ClN2O3S. The number of esters is 1. The van der Waals surface area contributed by atoms with Crippen LogP contribution in [-0.4, -0.2) is 28.3 Å². The first-order valence-corrected chi connectivity index (χ1v) is 6.76. The van der Waals surface area contributed by atoms with Crippen LogP contribution >= 0.6 is 22.9 Å². The number of rotatable bonds is 3. The molecule has 0 radical (unpaired) electrons. The van der Waals surface area contributed by atoms with Crippen LogP contribution in [-0.2, 0) is 4.74 Å². The largest absolute Gasteiger partial charge is 0.461 e. The summed E-state index contributed by atoms with van der Waals surface area (Å²) in [7, 11) is 0. The van der Waals surface area contributed by atoms with Gasteiger partial charge in [-0.1, -0.05) is 11.6 Å². The molecule has 0 unspecified atom stereocenters. The Kier molecular flexibility index (Phi) is 4.01. The molecule has 5 nitrogen and oxygen atoms in total. The lowest BCUT2D eigenvalue weighted by atomic mass is 10.3. The predicted octanol–water partition coefficient (Wildman–Crippen LogP) is 3.10. The highest BCUT2D eigenvalue weighted by atomic mass is 35.5. The second-order valence-corrected chi connectivity index (χ2v) is 5.38. The van der Waals surface area contributed by atoms with Gasteiger partial charge in [-0.3, -0.25) is 4.79 Å². The number of hydrogen-bond acceptors (Lipinski definition) is 5. The summed E-state index contributed by atoms with van der Waals surface area (Å²) < 4.78 is 6.56. The normalized spacial score (nSPS) is 10.5. The fourth-order valence-electron chi connectivity index (χ4n) is 1.54. The lowest BCUT2D eigenvalue weighted by Crippen LogP contribution is -2.17. The third-order valence-corrected chi connectivity index (χ3v) is 3.57. The number of ether oxygens (including phenoxy) is 1. The lowest BCUT2D eigenvalue weighted by Gasteiger charge is -2.01. The molecule has 0 aliphatic carbocycles. The average molecular weight is 299 g/mol. The smallest absolute Gasteiger partial charge is 0.357 e. The molecule has 0 spiro atoms. The van der Waals surface area contributed by atoms with Crippen molar-refractivity contribution in [2.45, 2.75) is 13.8 Å². The third kappa shape index (κ3) is 2.85. The Labute approximate surface area is 118 Å². The molecule has 2 aromatic rings. The van der Waals surface area contributed by atoms with E-state index in [0.29, 0.717) is 10.0 Å². The van der Waals surface area contributed by atoms with Crippen molar-refractivity contribution < 1.29 is 14.3 Å². The molecule has 7 heteroatoms. The van der Waals surface area contributed by atoms with Crippen LogP contribution in [0.15, 0.2) is 18.2 Å². The summed E-state index contributed by atoms with van der Waals surface area (Å²) >= 11 is 7.18. The second-order valence-electron chi connectivity index (χ2n) is 3.67. The highest BCUT2D eigenvalue weighted by molar-refractivity contribution is 7.19. The van der Waals surface area contributed by atoms with Gasteiger partial charge in [-0.15, -0.1) is 11.3 Å². The van der Waals surface area contributed by atoms with Gasteiger partial charge in [0, 0.05) is 13.0 Å². The molecule has 0 amide bonds. The number of carbonyl (C=O) groups excluding carboxylic acids is 2. The van der Waals surface area contributed by atoms with Crippen molar-refractivity contribution in [2.24, 2.45) is 0 Å². The number of aromatic nitrogens is 2. The van der Waals surface area contributed by atoms with Gasteiger partial charge in [0.1, 0.15) is 5.69 Å². The van der Waals surface area contributed by atoms with Gasteiger partial charge in [0.05, 0.1) is 15.8 Å². The van der Waals surface area contributed by atoms with E-state index in [2.05, 4.69) is 5.10 Å². The van der Waals surface area contributed by atoms with Gasteiger partial charge in [-0.2, -0.15) is 9.78 Å². The van der Waals surface area contributed by atoms with Crippen LogP contribution < -0.4 is 0 Å². The molecule has 19 heavy (non-hydrogen) atoms. The molecule has 0 saturated carbocycles. The Hall–Kier alpha value is -1.66. The molecule has 0 bridgehead atoms. The van der Waals surface area contributed by atoms with Crippen LogP contribution in [0.1, 0.15) is 29.1 Å². The van der Waals surface area contributed by atoms with E-state index in [1.807, 2.05) is 0 Å². The third-order valence-electron chi connectivity index (χ3n) is 2.32. The minimum absolute atomic E-state index is 0.119. The highest BCUT2D eigenvalue weighted by Crippen LogP contribution is 2.30. The van der Waals surface area contributed by atoms with Crippen LogP contribution in [0.2, 0.25) is 4.34 Å². The van der Waals surface area contributed by atoms with Gasteiger partial charge in [-0.25, -0.2) is 4.79 Å².